The van der Waals surface area contributed by atoms with Crippen LogP contribution in [0.1, 0.15) is 50.0 Å². The van der Waals surface area contributed by atoms with Gasteiger partial charge in [-0.1, -0.05) is 5.16 Å². The number of aromatic nitrogens is 1. The Morgan fingerprint density at radius 1 is 1.25 bits per heavy atom. The van der Waals surface area contributed by atoms with Gasteiger partial charge in [-0.3, -0.25) is 9.69 Å². The number of ether oxygens (including phenoxy) is 1. The smallest absolute Gasteiger partial charge is 0.251 e. The zero-order valence-corrected chi connectivity index (χ0v) is 14.5. The first-order chi connectivity index (χ1) is 11.6. The van der Waals surface area contributed by atoms with Crippen LogP contribution >= 0.6 is 0 Å². The molecule has 1 atom stereocenters. The van der Waals surface area contributed by atoms with Crippen LogP contribution in [0.15, 0.2) is 10.6 Å². The standard InChI is InChI=1S/C18H27N3O3/c1-14-12-15(19-24-14)13-20-10-6-18(7-11-20)5-4-16(23-18)17(22)21-8-2-3-9-21/h12,16H,2-11,13H2,1H3. The largest absolute Gasteiger partial charge is 0.362 e. The zero-order chi connectivity index (χ0) is 16.6. The molecule has 6 heteroatoms. The van der Waals surface area contributed by atoms with Gasteiger partial charge in [0.25, 0.3) is 5.91 Å². The number of carbonyl (C=O) groups excluding carboxylic acids is 1. The Morgan fingerprint density at radius 3 is 2.67 bits per heavy atom. The van der Waals surface area contributed by atoms with E-state index in [1.165, 1.54) is 0 Å². The molecule has 3 aliphatic heterocycles. The highest BCUT2D eigenvalue weighted by atomic mass is 16.5. The van der Waals surface area contributed by atoms with Crippen molar-refractivity contribution in [2.24, 2.45) is 0 Å². The third-order valence-corrected chi connectivity index (χ3v) is 5.78. The van der Waals surface area contributed by atoms with Crippen LogP contribution < -0.4 is 0 Å². The molecule has 1 aromatic rings. The highest BCUT2D eigenvalue weighted by Crippen LogP contribution is 2.39. The lowest BCUT2D eigenvalue weighted by atomic mass is 9.88. The number of amides is 1. The van der Waals surface area contributed by atoms with E-state index in [1.807, 2.05) is 17.9 Å². The Labute approximate surface area is 143 Å². The van der Waals surface area contributed by atoms with Crippen molar-refractivity contribution in [3.63, 3.8) is 0 Å². The topological polar surface area (TPSA) is 58.8 Å². The lowest BCUT2D eigenvalue weighted by molar-refractivity contribution is -0.150. The van der Waals surface area contributed by atoms with Gasteiger partial charge in [0.2, 0.25) is 0 Å². The number of piperidine rings is 1. The number of likely N-dealkylation sites (tertiary alicyclic amines) is 2. The van der Waals surface area contributed by atoms with E-state index in [2.05, 4.69) is 10.1 Å². The Balaban J connectivity index is 1.29. The summed E-state index contributed by atoms with van der Waals surface area (Å²) < 4.78 is 11.5. The van der Waals surface area contributed by atoms with Gasteiger partial charge in [-0.05, 0) is 45.4 Å². The second-order valence-corrected chi connectivity index (χ2v) is 7.57. The van der Waals surface area contributed by atoms with E-state index in [0.717, 1.165) is 82.7 Å². The van der Waals surface area contributed by atoms with Crippen molar-refractivity contribution in [3.8, 4) is 0 Å². The Hall–Kier alpha value is -1.40. The maximum absolute atomic E-state index is 12.6. The van der Waals surface area contributed by atoms with Gasteiger partial charge in [-0.15, -0.1) is 0 Å². The molecule has 4 heterocycles. The summed E-state index contributed by atoms with van der Waals surface area (Å²) in [5, 5.41) is 4.08. The van der Waals surface area contributed by atoms with Crippen LogP contribution in [0.5, 0.6) is 0 Å². The molecule has 24 heavy (non-hydrogen) atoms. The van der Waals surface area contributed by atoms with Crippen LogP contribution in [0.25, 0.3) is 0 Å². The quantitative estimate of drug-likeness (QED) is 0.848. The molecule has 0 N–H and O–H groups in total. The Bertz CT molecular complexity index is 586. The summed E-state index contributed by atoms with van der Waals surface area (Å²) in [6.07, 6.45) is 6.00. The predicted molar refractivity (Wildman–Crippen MR) is 88.4 cm³/mol. The van der Waals surface area contributed by atoms with E-state index in [4.69, 9.17) is 9.26 Å². The Morgan fingerprint density at radius 2 is 2.00 bits per heavy atom. The van der Waals surface area contributed by atoms with Gasteiger partial charge in [0, 0.05) is 38.8 Å². The number of rotatable bonds is 3. The molecule has 0 radical (unpaired) electrons. The van der Waals surface area contributed by atoms with Crippen molar-refractivity contribution in [2.45, 2.75) is 63.7 Å². The molecule has 3 fully saturated rings. The van der Waals surface area contributed by atoms with Gasteiger partial charge in [-0.25, -0.2) is 0 Å². The molecule has 0 bridgehead atoms. The van der Waals surface area contributed by atoms with Crippen molar-refractivity contribution >= 4 is 5.91 Å². The fourth-order valence-electron chi connectivity index (χ4n) is 4.34. The molecule has 1 amide bonds. The molecule has 0 aliphatic carbocycles. The molecular weight excluding hydrogens is 306 g/mol. The van der Waals surface area contributed by atoms with Crippen LogP contribution in [0.2, 0.25) is 0 Å². The minimum absolute atomic E-state index is 0.0731. The molecule has 132 valence electrons. The van der Waals surface area contributed by atoms with Gasteiger partial charge in [0.05, 0.1) is 11.3 Å². The molecule has 1 aromatic heterocycles. The van der Waals surface area contributed by atoms with Gasteiger partial charge >= 0.3 is 0 Å². The average molecular weight is 333 g/mol. The minimum atomic E-state index is -0.201. The molecule has 6 nitrogen and oxygen atoms in total. The van der Waals surface area contributed by atoms with Crippen molar-refractivity contribution < 1.29 is 14.1 Å². The molecule has 1 unspecified atom stereocenters. The minimum Gasteiger partial charge on any atom is -0.362 e. The summed E-state index contributed by atoms with van der Waals surface area (Å²) >= 11 is 0. The van der Waals surface area contributed by atoms with Crippen LogP contribution in [-0.2, 0) is 16.1 Å². The third-order valence-electron chi connectivity index (χ3n) is 5.78. The van der Waals surface area contributed by atoms with Crippen molar-refractivity contribution in [1.82, 2.24) is 15.0 Å². The highest BCUT2D eigenvalue weighted by molar-refractivity contribution is 5.81. The van der Waals surface area contributed by atoms with E-state index in [0.29, 0.717) is 0 Å². The van der Waals surface area contributed by atoms with Crippen molar-refractivity contribution in [3.05, 3.63) is 17.5 Å². The second kappa shape index (κ2) is 6.48. The van der Waals surface area contributed by atoms with Crippen LogP contribution in [-0.4, -0.2) is 58.7 Å². The summed E-state index contributed by atoms with van der Waals surface area (Å²) in [5.41, 5.74) is 0.925. The van der Waals surface area contributed by atoms with Gasteiger partial charge in [0.15, 0.2) is 0 Å². The second-order valence-electron chi connectivity index (χ2n) is 7.57. The molecule has 0 saturated carbocycles. The number of carbonyl (C=O) groups is 1. The fraction of sp³-hybridized carbons (Fsp3) is 0.778. The van der Waals surface area contributed by atoms with E-state index in [-0.39, 0.29) is 17.6 Å². The summed E-state index contributed by atoms with van der Waals surface area (Å²) in [6, 6.07) is 2.00. The first kappa shape index (κ1) is 16.1. The number of aryl methyl sites for hydroxylation is 1. The van der Waals surface area contributed by atoms with Gasteiger partial charge < -0.3 is 14.2 Å². The SMILES string of the molecule is Cc1cc(CN2CCC3(CCC(C(=O)N4CCCC4)O3)CC2)no1. The normalized spacial score (nSPS) is 27.2. The summed E-state index contributed by atoms with van der Waals surface area (Å²) in [5.74, 6) is 1.09. The maximum Gasteiger partial charge on any atom is 0.251 e. The molecule has 3 aliphatic rings. The molecule has 3 saturated heterocycles. The summed E-state index contributed by atoms with van der Waals surface area (Å²) in [4.78, 5) is 16.9. The van der Waals surface area contributed by atoms with Crippen molar-refractivity contribution in [1.29, 1.82) is 0 Å². The van der Waals surface area contributed by atoms with Crippen molar-refractivity contribution in [2.75, 3.05) is 26.2 Å². The average Bonchev–Trinajstić information content (AvgIpc) is 3.31. The van der Waals surface area contributed by atoms with Crippen LogP contribution in [0.4, 0.5) is 0 Å². The predicted octanol–water partition coefficient (Wildman–Crippen LogP) is 2.12. The van der Waals surface area contributed by atoms with E-state index >= 15 is 0 Å². The monoisotopic (exact) mass is 333 g/mol. The maximum atomic E-state index is 12.6. The van der Waals surface area contributed by atoms with Crippen LogP contribution in [0, 0.1) is 6.92 Å². The van der Waals surface area contributed by atoms with Gasteiger partial charge in [-0.2, -0.15) is 0 Å². The number of nitrogens with zero attached hydrogens (tertiary/aromatic N) is 3. The molecule has 1 spiro atoms. The van der Waals surface area contributed by atoms with E-state index in [9.17, 15) is 4.79 Å². The first-order valence-corrected chi connectivity index (χ1v) is 9.25. The van der Waals surface area contributed by atoms with E-state index in [1.54, 1.807) is 0 Å². The molecular formula is C18H27N3O3. The van der Waals surface area contributed by atoms with Crippen LogP contribution in [0.3, 0.4) is 0 Å². The number of hydrogen-bond donors (Lipinski definition) is 0. The summed E-state index contributed by atoms with van der Waals surface area (Å²) in [6.45, 7) is 6.58. The molecule has 0 aromatic carbocycles. The lowest BCUT2D eigenvalue weighted by Crippen LogP contribution is -2.45. The third kappa shape index (κ3) is 3.22. The molecule has 4 rings (SSSR count). The highest BCUT2D eigenvalue weighted by Gasteiger charge is 2.45. The first-order valence-electron chi connectivity index (χ1n) is 9.25. The van der Waals surface area contributed by atoms with E-state index < -0.39 is 0 Å². The lowest BCUT2D eigenvalue weighted by Gasteiger charge is -2.39. The number of hydrogen-bond acceptors (Lipinski definition) is 5. The zero-order valence-electron chi connectivity index (χ0n) is 14.5. The summed E-state index contributed by atoms with van der Waals surface area (Å²) in [7, 11) is 0. The fourth-order valence-corrected chi connectivity index (χ4v) is 4.34. The van der Waals surface area contributed by atoms with Gasteiger partial charge in [0.1, 0.15) is 11.9 Å². The Kier molecular flexibility index (Phi) is 4.35.